The highest BCUT2D eigenvalue weighted by molar-refractivity contribution is 9.10. The van der Waals surface area contributed by atoms with Gasteiger partial charge in [-0.05, 0) is 41.1 Å². The Kier molecular flexibility index (Phi) is 4.03. The number of carboxylic acid groups (broad SMARTS) is 1. The van der Waals surface area contributed by atoms with E-state index in [9.17, 15) is 9.59 Å². The minimum absolute atomic E-state index is 0.144. The average molecular weight is 287 g/mol. The highest BCUT2D eigenvalue weighted by Crippen LogP contribution is 2.23. The van der Waals surface area contributed by atoms with Crippen molar-refractivity contribution in [3.05, 3.63) is 28.2 Å². The van der Waals surface area contributed by atoms with Crippen molar-refractivity contribution < 1.29 is 14.7 Å². The molecule has 1 aromatic carbocycles. The molecule has 1 aromatic rings. The quantitative estimate of drug-likeness (QED) is 0.784. The molecule has 0 saturated carbocycles. The van der Waals surface area contributed by atoms with Crippen LogP contribution in [0.1, 0.15) is 17.3 Å². The first-order valence-electron chi connectivity index (χ1n) is 4.51. The Bertz CT molecular complexity index is 432. The maximum Gasteiger partial charge on any atom is 0.335 e. The Labute approximate surface area is 101 Å². The molecule has 1 amide bonds. The number of hydrogen-bond acceptors (Lipinski definition) is 3. The molecule has 0 radical (unpaired) electrons. The van der Waals surface area contributed by atoms with Gasteiger partial charge in [0.25, 0.3) is 0 Å². The Morgan fingerprint density at radius 3 is 2.56 bits per heavy atom. The second-order valence-electron chi connectivity index (χ2n) is 3.28. The van der Waals surface area contributed by atoms with E-state index >= 15 is 0 Å². The Hall–Kier alpha value is -1.40. The smallest absolute Gasteiger partial charge is 0.335 e. The molecular weight excluding hydrogens is 276 g/mol. The number of carboxylic acids is 1. The maximum atomic E-state index is 11.3. The van der Waals surface area contributed by atoms with E-state index in [1.54, 1.807) is 6.92 Å². The van der Waals surface area contributed by atoms with Gasteiger partial charge in [-0.1, -0.05) is 0 Å². The van der Waals surface area contributed by atoms with Crippen molar-refractivity contribution in [2.75, 3.05) is 5.32 Å². The molecule has 0 heterocycles. The molecule has 6 heteroatoms. The van der Waals surface area contributed by atoms with Gasteiger partial charge in [-0.2, -0.15) is 0 Å². The fourth-order valence-electron chi connectivity index (χ4n) is 0.996. The summed E-state index contributed by atoms with van der Waals surface area (Å²) in [4.78, 5) is 22.0. The van der Waals surface area contributed by atoms with Crippen LogP contribution in [0.4, 0.5) is 5.69 Å². The van der Waals surface area contributed by atoms with Crippen molar-refractivity contribution in [2.24, 2.45) is 5.73 Å². The molecule has 0 aliphatic rings. The van der Waals surface area contributed by atoms with E-state index in [1.807, 2.05) is 0 Å². The highest BCUT2D eigenvalue weighted by Gasteiger charge is 2.11. The molecule has 0 saturated heterocycles. The summed E-state index contributed by atoms with van der Waals surface area (Å²) in [6.07, 6.45) is 0. The Balaban J connectivity index is 2.91. The third-order valence-electron chi connectivity index (χ3n) is 1.89. The molecule has 0 bridgehead atoms. The number of aromatic carboxylic acids is 1. The van der Waals surface area contributed by atoms with Gasteiger partial charge < -0.3 is 16.2 Å². The number of carbonyl (C=O) groups is 2. The lowest BCUT2D eigenvalue weighted by Crippen LogP contribution is -2.32. The number of hydrogen-bond donors (Lipinski definition) is 3. The zero-order chi connectivity index (χ0) is 12.3. The van der Waals surface area contributed by atoms with Gasteiger partial charge in [0, 0.05) is 4.47 Å². The summed E-state index contributed by atoms with van der Waals surface area (Å²) in [6, 6.07) is 3.71. The lowest BCUT2D eigenvalue weighted by atomic mass is 10.2. The Morgan fingerprint density at radius 2 is 2.12 bits per heavy atom. The van der Waals surface area contributed by atoms with E-state index in [0.717, 1.165) is 0 Å². The number of halogens is 1. The monoisotopic (exact) mass is 286 g/mol. The van der Waals surface area contributed by atoms with E-state index in [2.05, 4.69) is 21.2 Å². The van der Waals surface area contributed by atoms with Crippen molar-refractivity contribution in [1.29, 1.82) is 0 Å². The van der Waals surface area contributed by atoms with Gasteiger partial charge in [0.15, 0.2) is 0 Å². The third kappa shape index (κ3) is 3.04. The second-order valence-corrected chi connectivity index (χ2v) is 4.13. The number of nitrogens with two attached hydrogens (primary N) is 1. The van der Waals surface area contributed by atoms with Crippen LogP contribution in [-0.4, -0.2) is 23.0 Å². The van der Waals surface area contributed by atoms with Crippen LogP contribution in [0.2, 0.25) is 0 Å². The van der Waals surface area contributed by atoms with Gasteiger partial charge in [-0.15, -0.1) is 0 Å². The SMILES string of the molecule is C[C@H](N)C(=O)Nc1ccc(C(=O)O)cc1Br. The van der Waals surface area contributed by atoms with Crippen molar-refractivity contribution in [1.82, 2.24) is 0 Å². The lowest BCUT2D eigenvalue weighted by molar-refractivity contribution is -0.117. The summed E-state index contributed by atoms with van der Waals surface area (Å²) in [5.41, 5.74) is 6.03. The van der Waals surface area contributed by atoms with Crippen LogP contribution in [0.25, 0.3) is 0 Å². The number of nitrogens with one attached hydrogen (secondary N) is 1. The minimum atomic E-state index is -1.02. The molecule has 0 aliphatic heterocycles. The first-order valence-corrected chi connectivity index (χ1v) is 5.30. The van der Waals surface area contributed by atoms with Gasteiger partial charge in [-0.25, -0.2) is 4.79 Å². The molecule has 0 aliphatic carbocycles. The molecule has 86 valence electrons. The van der Waals surface area contributed by atoms with Gasteiger partial charge >= 0.3 is 5.97 Å². The minimum Gasteiger partial charge on any atom is -0.478 e. The number of amides is 1. The fraction of sp³-hybridized carbons (Fsp3) is 0.200. The first kappa shape index (κ1) is 12.7. The second kappa shape index (κ2) is 5.09. The van der Waals surface area contributed by atoms with Crippen LogP contribution in [0.3, 0.4) is 0 Å². The van der Waals surface area contributed by atoms with Crippen molar-refractivity contribution in [2.45, 2.75) is 13.0 Å². The summed E-state index contributed by atoms with van der Waals surface area (Å²) >= 11 is 3.17. The van der Waals surface area contributed by atoms with Gasteiger partial charge in [0.1, 0.15) is 0 Å². The largest absolute Gasteiger partial charge is 0.478 e. The molecule has 1 rings (SSSR count). The normalized spacial score (nSPS) is 11.9. The van der Waals surface area contributed by atoms with Crippen LogP contribution in [0.15, 0.2) is 22.7 Å². The van der Waals surface area contributed by atoms with Gasteiger partial charge in [-0.3, -0.25) is 4.79 Å². The number of anilines is 1. The molecule has 5 nitrogen and oxygen atoms in total. The zero-order valence-corrected chi connectivity index (χ0v) is 10.1. The van der Waals surface area contributed by atoms with Crippen LogP contribution >= 0.6 is 15.9 Å². The summed E-state index contributed by atoms with van der Waals surface area (Å²) < 4.78 is 0.501. The van der Waals surface area contributed by atoms with Gasteiger partial charge in [0.2, 0.25) is 5.91 Å². The molecule has 0 aromatic heterocycles. The molecule has 0 fully saturated rings. The first-order chi connectivity index (χ1) is 7.41. The summed E-state index contributed by atoms with van der Waals surface area (Å²) in [5, 5.41) is 11.3. The maximum absolute atomic E-state index is 11.3. The van der Waals surface area contributed by atoms with E-state index in [-0.39, 0.29) is 11.5 Å². The molecular formula is C10H11BrN2O3. The fourth-order valence-corrected chi connectivity index (χ4v) is 1.47. The number of benzene rings is 1. The summed E-state index contributed by atoms with van der Waals surface area (Å²) in [5.74, 6) is -1.35. The third-order valence-corrected chi connectivity index (χ3v) is 2.54. The standard InChI is InChI=1S/C10H11BrN2O3/c1-5(12)9(14)13-8-3-2-6(10(15)16)4-7(8)11/h2-5H,12H2,1H3,(H,13,14)(H,15,16)/t5-/m0/s1. The lowest BCUT2D eigenvalue weighted by Gasteiger charge is -2.09. The Morgan fingerprint density at radius 1 is 1.50 bits per heavy atom. The molecule has 0 spiro atoms. The molecule has 1 atom stereocenters. The topological polar surface area (TPSA) is 92.4 Å². The van der Waals surface area contributed by atoms with Crippen LogP contribution in [0, 0.1) is 0 Å². The molecule has 16 heavy (non-hydrogen) atoms. The summed E-state index contributed by atoms with van der Waals surface area (Å²) in [6.45, 7) is 1.56. The van der Waals surface area contributed by atoms with Crippen LogP contribution < -0.4 is 11.1 Å². The van der Waals surface area contributed by atoms with Gasteiger partial charge in [0.05, 0.1) is 17.3 Å². The van der Waals surface area contributed by atoms with E-state index in [4.69, 9.17) is 10.8 Å². The van der Waals surface area contributed by atoms with Crippen LogP contribution in [-0.2, 0) is 4.79 Å². The highest BCUT2D eigenvalue weighted by atomic mass is 79.9. The van der Waals surface area contributed by atoms with Crippen molar-refractivity contribution in [3.63, 3.8) is 0 Å². The van der Waals surface area contributed by atoms with E-state index < -0.39 is 12.0 Å². The summed E-state index contributed by atoms with van der Waals surface area (Å²) in [7, 11) is 0. The van der Waals surface area contributed by atoms with Crippen molar-refractivity contribution in [3.8, 4) is 0 Å². The average Bonchev–Trinajstić information content (AvgIpc) is 2.20. The van der Waals surface area contributed by atoms with Crippen molar-refractivity contribution >= 4 is 33.5 Å². The van der Waals surface area contributed by atoms with E-state index in [0.29, 0.717) is 10.2 Å². The van der Waals surface area contributed by atoms with E-state index in [1.165, 1.54) is 18.2 Å². The number of rotatable bonds is 3. The zero-order valence-electron chi connectivity index (χ0n) is 8.53. The predicted octanol–water partition coefficient (Wildman–Crippen LogP) is 1.43. The predicted molar refractivity (Wildman–Crippen MR) is 63.4 cm³/mol. The number of carbonyl (C=O) groups excluding carboxylic acids is 1. The molecule has 0 unspecified atom stereocenters. The molecule has 4 N–H and O–H groups in total. The van der Waals surface area contributed by atoms with Crippen LogP contribution in [0.5, 0.6) is 0 Å².